The van der Waals surface area contributed by atoms with Crippen LogP contribution in [0.1, 0.15) is 0 Å². The van der Waals surface area contributed by atoms with E-state index < -0.39 is 22.7 Å². The summed E-state index contributed by atoms with van der Waals surface area (Å²) in [4.78, 5) is 9.29. The van der Waals surface area contributed by atoms with Crippen molar-refractivity contribution in [1.29, 1.82) is 0 Å². The van der Waals surface area contributed by atoms with Crippen LogP contribution in [0.3, 0.4) is 0 Å². The van der Waals surface area contributed by atoms with Crippen LogP contribution in [-0.4, -0.2) is 11.3 Å². The van der Waals surface area contributed by atoms with Gasteiger partial charge in [-0.3, -0.25) is 10.1 Å². The van der Waals surface area contributed by atoms with Gasteiger partial charge in [-0.2, -0.15) is 0 Å². The molecule has 0 amide bonds. The molecule has 7 heteroatoms. The average Bonchev–Trinajstić information content (AvgIpc) is 2.01. The lowest BCUT2D eigenvalue weighted by Crippen LogP contribution is -2.17. The number of nitrogens with zero attached hydrogens (tertiary/aromatic N) is 1. The second kappa shape index (κ2) is 3.52. The Balaban J connectivity index is 3.02. The van der Waals surface area contributed by atoms with Gasteiger partial charge in [-0.25, -0.2) is 0 Å². The highest BCUT2D eigenvalue weighted by atomic mass is 19.4. The van der Waals surface area contributed by atoms with Gasteiger partial charge in [0.05, 0.1) is 4.92 Å². The summed E-state index contributed by atoms with van der Waals surface area (Å²) in [5.41, 5.74) is -0.749. The van der Waals surface area contributed by atoms with Gasteiger partial charge in [0, 0.05) is 6.07 Å². The fraction of sp³-hybridized carbons (Fsp3) is 0.143. The standard InChI is InChI=1S/C7H3F3NO3/c8-7(9,10)14-6-4-2-1-3-5(6)11(12)13/h1,3-4H. The lowest BCUT2D eigenvalue weighted by Gasteiger charge is -2.07. The molecule has 1 radical (unpaired) electrons. The minimum atomic E-state index is -4.94. The molecule has 0 saturated heterocycles. The minimum absolute atomic E-state index is 0.749. The van der Waals surface area contributed by atoms with Crippen molar-refractivity contribution in [3.8, 4) is 5.75 Å². The van der Waals surface area contributed by atoms with E-state index in [-0.39, 0.29) is 0 Å². The smallest absolute Gasteiger partial charge is 0.398 e. The molecule has 0 spiro atoms. The van der Waals surface area contributed by atoms with Crippen LogP contribution < -0.4 is 4.74 Å². The molecular formula is C7H3F3NO3. The molecule has 14 heavy (non-hydrogen) atoms. The second-order valence-corrected chi connectivity index (χ2v) is 2.20. The average molecular weight is 206 g/mol. The van der Waals surface area contributed by atoms with E-state index in [1.165, 1.54) is 0 Å². The topological polar surface area (TPSA) is 52.4 Å². The predicted octanol–water partition coefficient (Wildman–Crippen LogP) is 2.29. The molecular weight excluding hydrogens is 203 g/mol. The van der Waals surface area contributed by atoms with Crippen LogP contribution in [0.5, 0.6) is 5.75 Å². The number of nitro benzene ring substituents is 1. The molecule has 75 valence electrons. The molecule has 0 aliphatic heterocycles. The Morgan fingerprint density at radius 1 is 1.50 bits per heavy atom. The van der Waals surface area contributed by atoms with E-state index in [0.717, 1.165) is 18.2 Å². The van der Waals surface area contributed by atoms with Crippen molar-refractivity contribution in [2.75, 3.05) is 0 Å². The van der Waals surface area contributed by atoms with E-state index in [4.69, 9.17) is 0 Å². The van der Waals surface area contributed by atoms with Crippen LogP contribution in [0.4, 0.5) is 18.9 Å². The molecule has 0 aliphatic carbocycles. The second-order valence-electron chi connectivity index (χ2n) is 2.20. The van der Waals surface area contributed by atoms with Crippen LogP contribution in [-0.2, 0) is 0 Å². The highest BCUT2D eigenvalue weighted by molar-refractivity contribution is 5.45. The number of benzene rings is 1. The maximum Gasteiger partial charge on any atom is 0.573 e. The van der Waals surface area contributed by atoms with Gasteiger partial charge < -0.3 is 4.74 Å². The molecule has 0 unspecified atom stereocenters. The zero-order chi connectivity index (χ0) is 10.8. The summed E-state index contributed by atoms with van der Waals surface area (Å²) in [5, 5.41) is 10.3. The number of alkyl halides is 3. The lowest BCUT2D eigenvalue weighted by molar-refractivity contribution is -0.388. The molecule has 0 aromatic heterocycles. The summed E-state index contributed by atoms with van der Waals surface area (Å²) in [6, 6.07) is 5.01. The fourth-order valence-electron chi connectivity index (χ4n) is 0.764. The van der Waals surface area contributed by atoms with Crippen LogP contribution in [0.25, 0.3) is 0 Å². The van der Waals surface area contributed by atoms with Gasteiger partial charge in [0.15, 0.2) is 0 Å². The summed E-state index contributed by atoms with van der Waals surface area (Å²) in [5.74, 6) is -0.870. The molecule has 0 saturated carbocycles. The number of halogens is 3. The molecule has 0 N–H and O–H groups in total. The first-order valence-electron chi connectivity index (χ1n) is 3.30. The number of nitro groups is 1. The Kier molecular flexibility index (Phi) is 2.59. The van der Waals surface area contributed by atoms with Gasteiger partial charge in [-0.1, -0.05) is 0 Å². The Labute approximate surface area is 76.1 Å². The van der Waals surface area contributed by atoms with Gasteiger partial charge >= 0.3 is 12.0 Å². The summed E-state index contributed by atoms with van der Waals surface area (Å²) in [7, 11) is 0. The Hall–Kier alpha value is -1.79. The predicted molar refractivity (Wildman–Crippen MR) is 38.6 cm³/mol. The largest absolute Gasteiger partial charge is 0.573 e. The molecule has 1 aromatic rings. The van der Waals surface area contributed by atoms with Gasteiger partial charge in [0.1, 0.15) is 0 Å². The molecule has 0 bridgehead atoms. The molecule has 1 aromatic carbocycles. The first kappa shape index (κ1) is 10.3. The van der Waals surface area contributed by atoms with Gasteiger partial charge in [0.2, 0.25) is 5.75 Å². The number of hydrogen-bond donors (Lipinski definition) is 0. The Bertz CT molecular complexity index is 350. The van der Waals surface area contributed by atoms with Crippen molar-refractivity contribution in [3.63, 3.8) is 0 Å². The fourth-order valence-corrected chi connectivity index (χ4v) is 0.764. The first-order chi connectivity index (χ1) is 6.40. The third kappa shape index (κ3) is 2.61. The van der Waals surface area contributed by atoms with E-state index >= 15 is 0 Å². The van der Waals surface area contributed by atoms with E-state index in [1.807, 2.05) is 0 Å². The van der Waals surface area contributed by atoms with E-state index in [1.54, 1.807) is 0 Å². The molecule has 0 heterocycles. The van der Waals surface area contributed by atoms with Crippen LogP contribution >= 0.6 is 0 Å². The third-order valence-corrected chi connectivity index (χ3v) is 1.23. The van der Waals surface area contributed by atoms with Crippen LogP contribution in [0, 0.1) is 16.2 Å². The molecule has 0 atom stereocenters. The maximum atomic E-state index is 11.7. The molecule has 0 fully saturated rings. The van der Waals surface area contributed by atoms with Gasteiger partial charge in [-0.15, -0.1) is 13.2 Å². The van der Waals surface area contributed by atoms with Crippen molar-refractivity contribution in [3.05, 3.63) is 34.4 Å². The molecule has 1 rings (SSSR count). The van der Waals surface area contributed by atoms with Crippen molar-refractivity contribution in [2.45, 2.75) is 6.36 Å². The van der Waals surface area contributed by atoms with Crippen molar-refractivity contribution >= 4 is 5.69 Å². The van der Waals surface area contributed by atoms with Gasteiger partial charge in [0.25, 0.3) is 0 Å². The van der Waals surface area contributed by atoms with E-state index in [0.29, 0.717) is 0 Å². The minimum Gasteiger partial charge on any atom is -0.398 e. The quantitative estimate of drug-likeness (QED) is 0.551. The number of hydrogen-bond acceptors (Lipinski definition) is 3. The van der Waals surface area contributed by atoms with E-state index in [9.17, 15) is 23.3 Å². The van der Waals surface area contributed by atoms with Crippen molar-refractivity contribution in [1.82, 2.24) is 0 Å². The summed E-state index contributed by atoms with van der Waals surface area (Å²) in [6.45, 7) is 0. The molecule has 0 aliphatic rings. The zero-order valence-corrected chi connectivity index (χ0v) is 6.54. The SMILES string of the molecule is O=[N+]([O-])c1cc[c]cc1OC(F)(F)F. The summed E-state index contributed by atoms with van der Waals surface area (Å²) in [6.07, 6.45) is -4.94. The summed E-state index contributed by atoms with van der Waals surface area (Å²) >= 11 is 0. The monoisotopic (exact) mass is 206 g/mol. The lowest BCUT2D eigenvalue weighted by atomic mass is 10.3. The first-order valence-corrected chi connectivity index (χ1v) is 3.30. The highest BCUT2D eigenvalue weighted by Crippen LogP contribution is 2.30. The zero-order valence-electron chi connectivity index (χ0n) is 6.54. The van der Waals surface area contributed by atoms with Crippen LogP contribution in [0.2, 0.25) is 0 Å². The van der Waals surface area contributed by atoms with Crippen molar-refractivity contribution < 1.29 is 22.8 Å². The summed E-state index contributed by atoms with van der Waals surface area (Å²) < 4.78 is 38.6. The maximum absolute atomic E-state index is 11.7. The van der Waals surface area contributed by atoms with Gasteiger partial charge in [-0.05, 0) is 18.2 Å². The highest BCUT2D eigenvalue weighted by Gasteiger charge is 2.34. The Morgan fingerprint density at radius 3 is 2.64 bits per heavy atom. The van der Waals surface area contributed by atoms with Crippen LogP contribution in [0.15, 0.2) is 18.2 Å². The number of ether oxygens (including phenoxy) is 1. The van der Waals surface area contributed by atoms with E-state index in [2.05, 4.69) is 10.8 Å². The molecule has 4 nitrogen and oxygen atoms in total. The van der Waals surface area contributed by atoms with Crippen molar-refractivity contribution in [2.24, 2.45) is 0 Å². The third-order valence-electron chi connectivity index (χ3n) is 1.23. The number of rotatable bonds is 2. The normalized spacial score (nSPS) is 11.1. The Morgan fingerprint density at radius 2 is 2.14 bits per heavy atom.